The second-order valence-electron chi connectivity index (χ2n) is 3.56. The Kier molecular flexibility index (Phi) is 3.97. The highest BCUT2D eigenvalue weighted by molar-refractivity contribution is 14.1. The average molecular weight is 364 g/mol. The molecule has 1 unspecified atom stereocenters. The maximum atomic E-state index is 6.10. The van der Waals surface area contributed by atoms with Crippen LogP contribution in [0.15, 0.2) is 24.4 Å². The number of benzene rings is 1. The van der Waals surface area contributed by atoms with Crippen LogP contribution in [0.1, 0.15) is 17.3 Å². The number of aromatic nitrogens is 3. The molecule has 0 aliphatic heterocycles. The molecule has 90 valence electrons. The van der Waals surface area contributed by atoms with Gasteiger partial charge in [0.2, 0.25) is 0 Å². The van der Waals surface area contributed by atoms with Crippen LogP contribution in [0.5, 0.6) is 0 Å². The summed E-state index contributed by atoms with van der Waals surface area (Å²) < 4.78 is 2.68. The molecular weight excluding hydrogens is 353 g/mol. The number of nitrogens with zero attached hydrogens (tertiary/aromatic N) is 3. The van der Waals surface area contributed by atoms with Gasteiger partial charge < -0.3 is 0 Å². The summed E-state index contributed by atoms with van der Waals surface area (Å²) >= 11 is 8.29. The molecule has 1 heterocycles. The predicted molar refractivity (Wildman–Crippen MR) is 74.3 cm³/mol. The van der Waals surface area contributed by atoms with Crippen molar-refractivity contribution in [3.63, 3.8) is 0 Å². The third kappa shape index (κ3) is 2.59. The molecule has 2 rings (SSSR count). The van der Waals surface area contributed by atoms with Crippen LogP contribution in [-0.2, 0) is 7.05 Å². The number of hydrogen-bond donors (Lipinski definition) is 2. The molecule has 1 aromatic heterocycles. The van der Waals surface area contributed by atoms with Gasteiger partial charge in [-0.3, -0.25) is 10.5 Å². The second-order valence-corrected chi connectivity index (χ2v) is 5.13. The average Bonchev–Trinajstić information content (AvgIpc) is 2.71. The van der Waals surface area contributed by atoms with E-state index in [2.05, 4.69) is 38.3 Å². The number of hydrogen-bond acceptors (Lipinski definition) is 4. The molecule has 0 amide bonds. The van der Waals surface area contributed by atoms with Gasteiger partial charge in [0.15, 0.2) is 0 Å². The molecule has 0 radical (unpaired) electrons. The van der Waals surface area contributed by atoms with Crippen molar-refractivity contribution >= 4 is 34.2 Å². The van der Waals surface area contributed by atoms with Gasteiger partial charge in [-0.05, 0) is 40.3 Å². The summed E-state index contributed by atoms with van der Waals surface area (Å²) in [5.41, 5.74) is 4.60. The maximum Gasteiger partial charge on any atom is 0.0895 e. The van der Waals surface area contributed by atoms with E-state index in [4.69, 9.17) is 17.4 Å². The van der Waals surface area contributed by atoms with Crippen molar-refractivity contribution in [2.75, 3.05) is 0 Å². The van der Waals surface area contributed by atoms with Crippen molar-refractivity contribution in [1.82, 2.24) is 20.4 Å². The number of nitrogens with one attached hydrogen (secondary N) is 1. The van der Waals surface area contributed by atoms with Crippen molar-refractivity contribution < 1.29 is 0 Å². The smallest absolute Gasteiger partial charge is 0.0895 e. The zero-order chi connectivity index (χ0) is 12.4. The lowest BCUT2D eigenvalue weighted by molar-refractivity contribution is 0.570. The molecule has 0 bridgehead atoms. The fraction of sp³-hybridized carbons (Fsp3) is 0.200. The first-order valence-corrected chi connectivity index (χ1v) is 6.35. The summed E-state index contributed by atoms with van der Waals surface area (Å²) in [7, 11) is 1.82. The number of halogens is 2. The van der Waals surface area contributed by atoms with Crippen LogP contribution in [0.3, 0.4) is 0 Å². The summed E-state index contributed by atoms with van der Waals surface area (Å²) in [4.78, 5) is 0. The molecule has 0 saturated carbocycles. The summed E-state index contributed by atoms with van der Waals surface area (Å²) in [6, 6.07) is 5.64. The van der Waals surface area contributed by atoms with E-state index in [-0.39, 0.29) is 6.04 Å². The number of hydrazine groups is 1. The van der Waals surface area contributed by atoms with Crippen LogP contribution >= 0.6 is 34.2 Å². The van der Waals surface area contributed by atoms with E-state index in [0.717, 1.165) is 14.8 Å². The Morgan fingerprint density at radius 3 is 2.82 bits per heavy atom. The standard InChI is InChI=1S/C10H11ClIN5/c1-17-9(5-14-16-17)10(15-13)6-2-3-8(12)7(11)4-6/h2-5,10,15H,13H2,1H3. The van der Waals surface area contributed by atoms with Crippen LogP contribution in [0.4, 0.5) is 0 Å². The van der Waals surface area contributed by atoms with E-state index in [1.165, 1.54) is 0 Å². The molecule has 17 heavy (non-hydrogen) atoms. The Morgan fingerprint density at radius 2 is 2.29 bits per heavy atom. The Balaban J connectivity index is 2.42. The normalized spacial score (nSPS) is 12.7. The zero-order valence-corrected chi connectivity index (χ0v) is 12.0. The topological polar surface area (TPSA) is 68.8 Å². The number of rotatable bonds is 3. The van der Waals surface area contributed by atoms with Gasteiger partial charge in [-0.2, -0.15) is 0 Å². The molecule has 0 spiro atoms. The van der Waals surface area contributed by atoms with Gasteiger partial charge in [0.25, 0.3) is 0 Å². The molecule has 2 aromatic rings. The molecule has 5 nitrogen and oxygen atoms in total. The highest BCUT2D eigenvalue weighted by Gasteiger charge is 2.17. The molecule has 3 N–H and O–H groups in total. The second kappa shape index (κ2) is 5.30. The monoisotopic (exact) mass is 363 g/mol. The molecule has 1 atom stereocenters. The summed E-state index contributed by atoms with van der Waals surface area (Å²) in [6.45, 7) is 0. The zero-order valence-electron chi connectivity index (χ0n) is 9.06. The highest BCUT2D eigenvalue weighted by Crippen LogP contribution is 2.26. The fourth-order valence-electron chi connectivity index (χ4n) is 1.60. The van der Waals surface area contributed by atoms with E-state index in [0.29, 0.717) is 5.02 Å². The van der Waals surface area contributed by atoms with E-state index in [9.17, 15) is 0 Å². The van der Waals surface area contributed by atoms with E-state index < -0.39 is 0 Å². The van der Waals surface area contributed by atoms with Crippen molar-refractivity contribution in [2.45, 2.75) is 6.04 Å². The first-order valence-electron chi connectivity index (χ1n) is 4.89. The molecule has 7 heteroatoms. The van der Waals surface area contributed by atoms with Crippen molar-refractivity contribution in [1.29, 1.82) is 0 Å². The third-order valence-electron chi connectivity index (χ3n) is 2.49. The number of nitrogens with two attached hydrogens (primary N) is 1. The lowest BCUT2D eigenvalue weighted by Gasteiger charge is -2.16. The Labute approximate surface area is 117 Å². The molecule has 0 fully saturated rings. The van der Waals surface area contributed by atoms with Crippen LogP contribution in [0, 0.1) is 3.57 Å². The molecular formula is C10H11ClIN5. The third-order valence-corrected chi connectivity index (χ3v) is 4.06. The van der Waals surface area contributed by atoms with E-state index in [1.54, 1.807) is 10.9 Å². The Bertz CT molecular complexity index is 527. The van der Waals surface area contributed by atoms with Gasteiger partial charge in [-0.25, -0.2) is 5.43 Å². The maximum absolute atomic E-state index is 6.10. The minimum atomic E-state index is -0.176. The SMILES string of the molecule is Cn1nncc1C(NN)c1ccc(I)c(Cl)c1. The van der Waals surface area contributed by atoms with Gasteiger partial charge in [0.1, 0.15) is 0 Å². The fourth-order valence-corrected chi connectivity index (χ4v) is 2.13. The van der Waals surface area contributed by atoms with Gasteiger partial charge in [-0.1, -0.05) is 22.9 Å². The Morgan fingerprint density at radius 1 is 1.53 bits per heavy atom. The van der Waals surface area contributed by atoms with Gasteiger partial charge >= 0.3 is 0 Å². The van der Waals surface area contributed by atoms with Gasteiger partial charge in [-0.15, -0.1) is 5.10 Å². The quantitative estimate of drug-likeness (QED) is 0.494. The molecule has 1 aromatic carbocycles. The van der Waals surface area contributed by atoms with Crippen molar-refractivity contribution in [2.24, 2.45) is 12.9 Å². The number of aryl methyl sites for hydroxylation is 1. The van der Waals surface area contributed by atoms with E-state index >= 15 is 0 Å². The minimum Gasteiger partial charge on any atom is -0.271 e. The van der Waals surface area contributed by atoms with Crippen molar-refractivity contribution in [3.8, 4) is 0 Å². The van der Waals surface area contributed by atoms with Crippen molar-refractivity contribution in [3.05, 3.63) is 44.2 Å². The van der Waals surface area contributed by atoms with Crippen LogP contribution in [0.25, 0.3) is 0 Å². The summed E-state index contributed by atoms with van der Waals surface area (Å²) in [5, 5.41) is 8.43. The highest BCUT2D eigenvalue weighted by atomic mass is 127. The molecule has 0 saturated heterocycles. The molecule has 0 aliphatic rings. The van der Waals surface area contributed by atoms with Crippen LogP contribution in [-0.4, -0.2) is 15.0 Å². The summed E-state index contributed by atoms with van der Waals surface area (Å²) in [6.07, 6.45) is 1.68. The van der Waals surface area contributed by atoms with Crippen LogP contribution < -0.4 is 11.3 Å². The lowest BCUT2D eigenvalue weighted by atomic mass is 10.1. The minimum absolute atomic E-state index is 0.176. The van der Waals surface area contributed by atoms with Gasteiger partial charge in [0.05, 0.1) is 23.0 Å². The predicted octanol–water partition coefficient (Wildman–Crippen LogP) is 1.63. The van der Waals surface area contributed by atoms with Gasteiger partial charge in [0, 0.05) is 10.6 Å². The largest absolute Gasteiger partial charge is 0.271 e. The summed E-state index contributed by atoms with van der Waals surface area (Å²) in [5.74, 6) is 5.59. The lowest BCUT2D eigenvalue weighted by Crippen LogP contribution is -2.30. The molecule has 0 aliphatic carbocycles. The first-order chi connectivity index (χ1) is 8.13. The first kappa shape index (κ1) is 12.7. The van der Waals surface area contributed by atoms with E-state index in [1.807, 2.05) is 25.2 Å². The Hall–Kier alpha value is -0.700. The van der Waals surface area contributed by atoms with Crippen LogP contribution in [0.2, 0.25) is 5.02 Å².